The zero-order chi connectivity index (χ0) is 13.2. The molecule has 3 rings (SSSR count). The highest BCUT2D eigenvalue weighted by Crippen LogP contribution is 2.24. The summed E-state index contributed by atoms with van der Waals surface area (Å²) in [5.41, 5.74) is 7.56. The van der Waals surface area contributed by atoms with Crippen LogP contribution in [0, 0.1) is 0 Å². The topological polar surface area (TPSA) is 56.3 Å². The highest BCUT2D eigenvalue weighted by Gasteiger charge is 2.34. The zero-order valence-electron chi connectivity index (χ0n) is 11.7. The summed E-state index contributed by atoms with van der Waals surface area (Å²) in [6, 6.07) is 0.781. The van der Waals surface area contributed by atoms with E-state index in [-0.39, 0.29) is 12.1 Å². The number of nitrogens with two attached hydrogens (primary N) is 1. The first-order valence-corrected chi connectivity index (χ1v) is 7.31. The highest BCUT2D eigenvalue weighted by molar-refractivity contribution is 5.04. The van der Waals surface area contributed by atoms with E-state index < -0.39 is 0 Å². The van der Waals surface area contributed by atoms with Crippen molar-refractivity contribution in [3.8, 4) is 0 Å². The molecule has 2 fully saturated rings. The summed E-state index contributed by atoms with van der Waals surface area (Å²) in [6.45, 7) is 3.10. The summed E-state index contributed by atoms with van der Waals surface area (Å²) in [7, 11) is 1.95. The van der Waals surface area contributed by atoms with Crippen molar-refractivity contribution in [3.05, 3.63) is 18.0 Å². The van der Waals surface area contributed by atoms with Crippen LogP contribution in [0.5, 0.6) is 0 Å². The van der Waals surface area contributed by atoms with Gasteiger partial charge in [0.05, 0.1) is 18.9 Å². The Morgan fingerprint density at radius 3 is 3.26 bits per heavy atom. The molecule has 2 aliphatic rings. The maximum atomic E-state index is 6.31. The SMILES string of the molecule is Cn1cc(CCC(N)C2CN3CCCC3CO2)cn1. The van der Waals surface area contributed by atoms with Crippen molar-refractivity contribution in [2.45, 2.75) is 43.9 Å². The number of fused-ring (bicyclic) bond motifs is 1. The fourth-order valence-corrected chi connectivity index (χ4v) is 3.22. The molecule has 0 amide bonds. The Bertz CT molecular complexity index is 419. The minimum absolute atomic E-state index is 0.127. The van der Waals surface area contributed by atoms with Gasteiger partial charge in [-0.1, -0.05) is 0 Å². The molecule has 2 aliphatic heterocycles. The number of hydrogen-bond acceptors (Lipinski definition) is 4. The van der Waals surface area contributed by atoms with Crippen molar-refractivity contribution in [3.63, 3.8) is 0 Å². The van der Waals surface area contributed by atoms with Gasteiger partial charge in [0.2, 0.25) is 0 Å². The Morgan fingerprint density at radius 2 is 2.47 bits per heavy atom. The summed E-state index contributed by atoms with van der Waals surface area (Å²) in [5.74, 6) is 0. The molecular weight excluding hydrogens is 240 g/mol. The van der Waals surface area contributed by atoms with Crippen LogP contribution in [0.4, 0.5) is 0 Å². The second-order valence-corrected chi connectivity index (χ2v) is 5.89. The Kier molecular flexibility index (Phi) is 3.86. The van der Waals surface area contributed by atoms with Gasteiger partial charge in [0.25, 0.3) is 0 Å². The van der Waals surface area contributed by atoms with Crippen LogP contribution in [-0.4, -0.2) is 52.6 Å². The third kappa shape index (κ3) is 2.99. The summed E-state index contributed by atoms with van der Waals surface area (Å²) in [6.07, 6.45) is 8.73. The maximum absolute atomic E-state index is 6.31. The largest absolute Gasteiger partial charge is 0.374 e. The molecule has 19 heavy (non-hydrogen) atoms. The molecule has 0 aromatic carbocycles. The third-order valence-electron chi connectivity index (χ3n) is 4.42. The Balaban J connectivity index is 1.48. The van der Waals surface area contributed by atoms with E-state index in [0.717, 1.165) is 26.0 Å². The van der Waals surface area contributed by atoms with Gasteiger partial charge in [0, 0.05) is 31.9 Å². The van der Waals surface area contributed by atoms with Crippen molar-refractivity contribution < 1.29 is 4.74 Å². The number of hydrogen-bond donors (Lipinski definition) is 1. The van der Waals surface area contributed by atoms with Gasteiger partial charge in [-0.3, -0.25) is 9.58 Å². The van der Waals surface area contributed by atoms with Gasteiger partial charge in [-0.15, -0.1) is 0 Å². The molecule has 2 saturated heterocycles. The van der Waals surface area contributed by atoms with E-state index >= 15 is 0 Å². The first-order valence-electron chi connectivity index (χ1n) is 7.31. The standard InChI is InChI=1S/C14H24N4O/c1-17-8-11(7-16-17)4-5-13(15)14-9-18-6-2-3-12(18)10-19-14/h7-8,12-14H,2-6,9-10,15H2,1H3. The first-order chi connectivity index (χ1) is 9.22. The smallest absolute Gasteiger partial charge is 0.0853 e. The summed E-state index contributed by atoms with van der Waals surface area (Å²) < 4.78 is 7.80. The average Bonchev–Trinajstić information content (AvgIpc) is 3.03. The fraction of sp³-hybridized carbons (Fsp3) is 0.786. The van der Waals surface area contributed by atoms with Gasteiger partial charge in [0.1, 0.15) is 0 Å². The van der Waals surface area contributed by atoms with E-state index in [1.807, 2.05) is 17.9 Å². The molecule has 1 aromatic rings. The number of morpholine rings is 1. The molecule has 0 saturated carbocycles. The number of rotatable bonds is 4. The summed E-state index contributed by atoms with van der Waals surface area (Å²) in [4.78, 5) is 2.55. The monoisotopic (exact) mass is 264 g/mol. The van der Waals surface area contributed by atoms with Gasteiger partial charge in [0.15, 0.2) is 0 Å². The molecule has 0 spiro atoms. The second-order valence-electron chi connectivity index (χ2n) is 5.89. The molecule has 2 N–H and O–H groups in total. The van der Waals surface area contributed by atoms with E-state index in [1.54, 1.807) is 0 Å². The molecule has 5 heteroatoms. The van der Waals surface area contributed by atoms with Gasteiger partial charge < -0.3 is 10.5 Å². The van der Waals surface area contributed by atoms with Gasteiger partial charge in [-0.25, -0.2) is 0 Å². The van der Waals surface area contributed by atoms with Gasteiger partial charge in [-0.05, 0) is 37.8 Å². The first kappa shape index (κ1) is 13.1. The Morgan fingerprint density at radius 1 is 1.58 bits per heavy atom. The molecule has 1 aromatic heterocycles. The van der Waals surface area contributed by atoms with Crippen LogP contribution in [-0.2, 0) is 18.2 Å². The summed E-state index contributed by atoms with van der Waals surface area (Å²) >= 11 is 0. The highest BCUT2D eigenvalue weighted by atomic mass is 16.5. The van der Waals surface area contributed by atoms with Gasteiger partial charge >= 0.3 is 0 Å². The second kappa shape index (κ2) is 5.61. The van der Waals surface area contributed by atoms with Crippen molar-refractivity contribution in [1.82, 2.24) is 14.7 Å². The molecule has 0 bridgehead atoms. The molecule has 0 aliphatic carbocycles. The molecule has 3 unspecified atom stereocenters. The number of aryl methyl sites for hydroxylation is 2. The third-order valence-corrected chi connectivity index (χ3v) is 4.42. The fourth-order valence-electron chi connectivity index (χ4n) is 3.22. The molecular formula is C14H24N4O. The minimum atomic E-state index is 0.127. The molecule has 0 radical (unpaired) electrons. The van der Waals surface area contributed by atoms with Crippen LogP contribution in [0.15, 0.2) is 12.4 Å². The minimum Gasteiger partial charge on any atom is -0.374 e. The van der Waals surface area contributed by atoms with E-state index in [0.29, 0.717) is 6.04 Å². The Labute approximate surface area is 114 Å². The van der Waals surface area contributed by atoms with E-state index in [9.17, 15) is 0 Å². The lowest BCUT2D eigenvalue weighted by Gasteiger charge is -2.37. The van der Waals surface area contributed by atoms with Gasteiger partial charge in [-0.2, -0.15) is 5.10 Å². The lowest BCUT2D eigenvalue weighted by atomic mass is 10.0. The van der Waals surface area contributed by atoms with Crippen LogP contribution in [0.2, 0.25) is 0 Å². The van der Waals surface area contributed by atoms with Crippen LogP contribution < -0.4 is 5.73 Å². The normalized spacial score (nSPS) is 29.4. The molecule has 106 valence electrons. The predicted octanol–water partition coefficient (Wildman–Crippen LogP) is 0.543. The van der Waals surface area contributed by atoms with Crippen LogP contribution in [0.3, 0.4) is 0 Å². The van der Waals surface area contributed by atoms with Crippen LogP contribution in [0.25, 0.3) is 0 Å². The van der Waals surface area contributed by atoms with Crippen molar-refractivity contribution >= 4 is 0 Å². The quantitative estimate of drug-likeness (QED) is 0.862. The molecule has 5 nitrogen and oxygen atoms in total. The Hall–Kier alpha value is -0.910. The van der Waals surface area contributed by atoms with Crippen molar-refractivity contribution in [1.29, 1.82) is 0 Å². The lowest BCUT2D eigenvalue weighted by Crippen LogP contribution is -2.52. The number of aromatic nitrogens is 2. The van der Waals surface area contributed by atoms with Crippen LogP contribution >= 0.6 is 0 Å². The number of nitrogens with zero attached hydrogens (tertiary/aromatic N) is 3. The summed E-state index contributed by atoms with van der Waals surface area (Å²) in [5, 5.41) is 4.19. The molecule has 3 atom stereocenters. The zero-order valence-corrected chi connectivity index (χ0v) is 11.7. The molecule has 3 heterocycles. The predicted molar refractivity (Wildman–Crippen MR) is 73.8 cm³/mol. The lowest BCUT2D eigenvalue weighted by molar-refractivity contribution is -0.0599. The van der Waals surface area contributed by atoms with E-state index in [4.69, 9.17) is 10.5 Å². The van der Waals surface area contributed by atoms with Crippen LogP contribution in [0.1, 0.15) is 24.8 Å². The van der Waals surface area contributed by atoms with Crippen molar-refractivity contribution in [2.24, 2.45) is 12.8 Å². The average molecular weight is 264 g/mol. The van der Waals surface area contributed by atoms with Crippen molar-refractivity contribution in [2.75, 3.05) is 19.7 Å². The van der Waals surface area contributed by atoms with E-state index in [2.05, 4.69) is 16.2 Å². The van der Waals surface area contributed by atoms with E-state index in [1.165, 1.54) is 24.9 Å². The maximum Gasteiger partial charge on any atom is 0.0853 e. The number of ether oxygens (including phenoxy) is 1.